The summed E-state index contributed by atoms with van der Waals surface area (Å²) in [6, 6.07) is 13.8. The highest BCUT2D eigenvalue weighted by Crippen LogP contribution is 2.47. The second-order valence-corrected chi connectivity index (χ2v) is 6.84. The lowest BCUT2D eigenvalue weighted by Crippen LogP contribution is -2.33. The highest BCUT2D eigenvalue weighted by molar-refractivity contribution is 8.00. The topological polar surface area (TPSA) is 29.1 Å². The first-order valence-electron chi connectivity index (χ1n) is 7.49. The molecule has 1 amide bonds. The molecule has 1 N–H and O–H groups in total. The Hall–Kier alpha value is -1.88. The van der Waals surface area contributed by atoms with Crippen LogP contribution in [-0.4, -0.2) is 18.2 Å². The summed E-state index contributed by atoms with van der Waals surface area (Å²) in [5, 5.41) is 2.95. The minimum atomic E-state index is -0.892. The Morgan fingerprint density at radius 2 is 1.83 bits per heavy atom. The average Bonchev–Trinajstić information content (AvgIpc) is 3.36. The van der Waals surface area contributed by atoms with Crippen molar-refractivity contribution < 1.29 is 13.6 Å². The molecule has 1 aliphatic rings. The molecule has 0 aliphatic heterocycles. The molecular weight excluding hydrogens is 316 g/mol. The molecule has 0 heterocycles. The maximum absolute atomic E-state index is 13.1. The van der Waals surface area contributed by atoms with Crippen molar-refractivity contribution in [1.29, 1.82) is 0 Å². The summed E-state index contributed by atoms with van der Waals surface area (Å²) in [5.74, 6) is -1.67. The van der Waals surface area contributed by atoms with Crippen LogP contribution < -0.4 is 5.32 Å². The van der Waals surface area contributed by atoms with Crippen molar-refractivity contribution in [2.24, 2.45) is 0 Å². The first-order chi connectivity index (χ1) is 11.1. The number of halogens is 2. The first-order valence-corrected chi connectivity index (χ1v) is 8.48. The van der Waals surface area contributed by atoms with Gasteiger partial charge < -0.3 is 5.32 Å². The maximum atomic E-state index is 13.1. The molecule has 2 aromatic carbocycles. The van der Waals surface area contributed by atoms with Crippen LogP contribution in [0.4, 0.5) is 8.78 Å². The number of amides is 1. The van der Waals surface area contributed by atoms with Gasteiger partial charge in [0, 0.05) is 16.9 Å². The van der Waals surface area contributed by atoms with Crippen molar-refractivity contribution in [2.75, 3.05) is 12.3 Å². The minimum absolute atomic E-state index is 0.0730. The minimum Gasteiger partial charge on any atom is -0.354 e. The van der Waals surface area contributed by atoms with Gasteiger partial charge in [-0.3, -0.25) is 4.79 Å². The summed E-state index contributed by atoms with van der Waals surface area (Å²) in [6.07, 6.45) is 2.15. The monoisotopic (exact) mass is 333 g/mol. The Bertz CT molecular complexity index is 701. The molecule has 1 fully saturated rings. The summed E-state index contributed by atoms with van der Waals surface area (Å²) in [6.45, 7) is 0.619. The zero-order valence-corrected chi connectivity index (χ0v) is 13.3. The molecule has 0 saturated heterocycles. The fourth-order valence-corrected chi connectivity index (χ4v) is 3.30. The van der Waals surface area contributed by atoms with E-state index >= 15 is 0 Å². The van der Waals surface area contributed by atoms with E-state index in [1.165, 1.54) is 23.4 Å². The van der Waals surface area contributed by atoms with Crippen LogP contribution in [0.1, 0.15) is 18.4 Å². The van der Waals surface area contributed by atoms with Gasteiger partial charge in [-0.25, -0.2) is 8.78 Å². The standard InChI is InChI=1S/C18H17F2NOS/c19-15-7-6-14(10-16(15)20)23-11-17(22)21-12-18(8-9-18)13-4-2-1-3-5-13/h1-7,10H,8-9,11-12H2,(H,21,22). The summed E-state index contributed by atoms with van der Waals surface area (Å²) in [4.78, 5) is 12.5. The molecule has 0 aromatic heterocycles. The molecule has 1 aliphatic carbocycles. The predicted octanol–water partition coefficient (Wildman–Crippen LogP) is 3.90. The molecule has 5 heteroatoms. The van der Waals surface area contributed by atoms with Gasteiger partial charge in [-0.05, 0) is 36.6 Å². The van der Waals surface area contributed by atoms with Gasteiger partial charge in [0.25, 0.3) is 0 Å². The Morgan fingerprint density at radius 3 is 2.48 bits per heavy atom. The van der Waals surface area contributed by atoms with Gasteiger partial charge in [0.05, 0.1) is 5.75 Å². The number of nitrogens with one attached hydrogen (secondary N) is 1. The van der Waals surface area contributed by atoms with Crippen LogP contribution in [0.5, 0.6) is 0 Å². The molecule has 0 bridgehead atoms. The molecule has 3 rings (SSSR count). The van der Waals surface area contributed by atoms with Crippen molar-refractivity contribution in [1.82, 2.24) is 5.32 Å². The lowest BCUT2D eigenvalue weighted by atomic mass is 9.96. The second kappa shape index (κ2) is 6.71. The van der Waals surface area contributed by atoms with Crippen molar-refractivity contribution >= 4 is 17.7 Å². The highest BCUT2D eigenvalue weighted by atomic mass is 32.2. The van der Waals surface area contributed by atoms with Gasteiger partial charge in [-0.2, -0.15) is 0 Å². The van der Waals surface area contributed by atoms with Crippen LogP contribution in [0.25, 0.3) is 0 Å². The number of hydrogen-bond acceptors (Lipinski definition) is 2. The summed E-state index contributed by atoms with van der Waals surface area (Å²) in [5.41, 5.74) is 1.33. The van der Waals surface area contributed by atoms with Crippen LogP contribution in [0.15, 0.2) is 53.4 Å². The van der Waals surface area contributed by atoms with Crippen LogP contribution in [-0.2, 0) is 10.2 Å². The molecule has 120 valence electrons. The van der Waals surface area contributed by atoms with Crippen molar-refractivity contribution in [3.05, 3.63) is 65.7 Å². The third-order valence-corrected chi connectivity index (χ3v) is 5.12. The molecular formula is C18H17F2NOS. The third-order valence-electron chi connectivity index (χ3n) is 4.12. The Kier molecular flexibility index (Phi) is 4.66. The predicted molar refractivity (Wildman–Crippen MR) is 87.4 cm³/mol. The van der Waals surface area contributed by atoms with E-state index in [0.29, 0.717) is 11.4 Å². The van der Waals surface area contributed by atoms with Gasteiger partial charge >= 0.3 is 0 Å². The third kappa shape index (κ3) is 3.91. The number of rotatable bonds is 6. The van der Waals surface area contributed by atoms with Crippen LogP contribution in [0.3, 0.4) is 0 Å². The quantitative estimate of drug-likeness (QED) is 0.812. The van der Waals surface area contributed by atoms with Gasteiger partial charge in [-0.15, -0.1) is 11.8 Å². The van der Waals surface area contributed by atoms with E-state index in [1.807, 2.05) is 18.2 Å². The lowest BCUT2D eigenvalue weighted by Gasteiger charge is -2.16. The van der Waals surface area contributed by atoms with E-state index in [-0.39, 0.29) is 17.1 Å². The fourth-order valence-electron chi connectivity index (χ4n) is 2.54. The SMILES string of the molecule is O=C(CSc1ccc(F)c(F)c1)NCC1(c2ccccc2)CC1. The molecule has 2 nitrogen and oxygen atoms in total. The van der Waals surface area contributed by atoms with E-state index in [1.54, 1.807) is 0 Å². The van der Waals surface area contributed by atoms with Gasteiger partial charge in [0.2, 0.25) is 5.91 Å². The van der Waals surface area contributed by atoms with Crippen LogP contribution in [0.2, 0.25) is 0 Å². The zero-order valence-electron chi connectivity index (χ0n) is 12.5. The average molecular weight is 333 g/mol. The largest absolute Gasteiger partial charge is 0.354 e. The van der Waals surface area contributed by atoms with Gasteiger partial charge in [0.15, 0.2) is 11.6 Å². The molecule has 2 aromatic rings. The molecule has 0 atom stereocenters. The normalized spacial score (nSPS) is 15.2. The molecule has 0 radical (unpaired) electrons. The molecule has 0 unspecified atom stereocenters. The smallest absolute Gasteiger partial charge is 0.230 e. The van der Waals surface area contributed by atoms with E-state index < -0.39 is 11.6 Å². The number of hydrogen-bond donors (Lipinski definition) is 1. The lowest BCUT2D eigenvalue weighted by molar-refractivity contribution is -0.118. The first kappa shape index (κ1) is 16.0. The molecule has 1 saturated carbocycles. The number of carbonyl (C=O) groups excluding carboxylic acids is 1. The second-order valence-electron chi connectivity index (χ2n) is 5.79. The Balaban J connectivity index is 1.49. The van der Waals surface area contributed by atoms with Gasteiger partial charge in [0.1, 0.15) is 0 Å². The van der Waals surface area contributed by atoms with E-state index in [0.717, 1.165) is 25.0 Å². The number of benzene rings is 2. The molecule has 0 spiro atoms. The number of carbonyl (C=O) groups is 1. The summed E-state index contributed by atoms with van der Waals surface area (Å²) in [7, 11) is 0. The van der Waals surface area contributed by atoms with Crippen LogP contribution in [0, 0.1) is 11.6 Å². The number of thioether (sulfide) groups is 1. The zero-order chi connectivity index (χ0) is 16.3. The summed E-state index contributed by atoms with van der Waals surface area (Å²) < 4.78 is 26.0. The van der Waals surface area contributed by atoms with E-state index in [4.69, 9.17) is 0 Å². The Morgan fingerprint density at radius 1 is 1.09 bits per heavy atom. The summed E-state index contributed by atoms with van der Waals surface area (Å²) >= 11 is 1.20. The highest BCUT2D eigenvalue weighted by Gasteiger charge is 2.44. The molecule has 23 heavy (non-hydrogen) atoms. The van der Waals surface area contributed by atoms with Crippen molar-refractivity contribution in [3.8, 4) is 0 Å². The van der Waals surface area contributed by atoms with Crippen molar-refractivity contribution in [3.63, 3.8) is 0 Å². The van der Waals surface area contributed by atoms with Crippen molar-refractivity contribution in [2.45, 2.75) is 23.2 Å². The van der Waals surface area contributed by atoms with Gasteiger partial charge in [-0.1, -0.05) is 30.3 Å². The fraction of sp³-hybridized carbons (Fsp3) is 0.278. The Labute approximate surface area is 138 Å². The van der Waals surface area contributed by atoms with Crippen LogP contribution >= 0.6 is 11.8 Å². The van der Waals surface area contributed by atoms with E-state index in [2.05, 4.69) is 17.4 Å². The van der Waals surface area contributed by atoms with E-state index in [9.17, 15) is 13.6 Å². The maximum Gasteiger partial charge on any atom is 0.230 e.